The predicted molar refractivity (Wildman–Crippen MR) is 101 cm³/mol. The van der Waals surface area contributed by atoms with Gasteiger partial charge < -0.3 is 5.32 Å². The number of amides is 1. The van der Waals surface area contributed by atoms with Crippen LogP contribution in [0.1, 0.15) is 17.5 Å². The summed E-state index contributed by atoms with van der Waals surface area (Å²) in [5.41, 5.74) is 0.277. The maximum Gasteiger partial charge on any atom is 0.280 e. The molecule has 1 saturated heterocycles. The second-order valence-electron chi connectivity index (χ2n) is 5.57. The van der Waals surface area contributed by atoms with Gasteiger partial charge in [0.2, 0.25) is 5.91 Å². The molecule has 2 unspecified atom stereocenters. The van der Waals surface area contributed by atoms with E-state index >= 15 is 0 Å². The van der Waals surface area contributed by atoms with Gasteiger partial charge in [-0.05, 0) is 40.5 Å². The number of anilines is 1. The largest absolute Gasteiger partial charge is 0.325 e. The smallest absolute Gasteiger partial charge is 0.280 e. The fourth-order valence-corrected chi connectivity index (χ4v) is 5.34. The SMILES string of the molecule is CN1C(C(=O)Nc2ccc(F)c(Cl)c2)CC(c2nc(Br)cs2)NS1(=O)=O. The fraction of sp³-hybridized carbons (Fsp3) is 0.286. The molecule has 3 rings (SSSR count). The standard InChI is InChI=1S/C14H13BrClFN4O3S2/c1-21-11(13(22)18-7-2-3-9(17)8(16)4-7)5-10(20-26(21,23)24)14-19-12(15)6-25-14/h2-4,6,10-11,20H,5H2,1H3,(H,18,22). The van der Waals surface area contributed by atoms with Crippen molar-refractivity contribution in [2.45, 2.75) is 18.5 Å². The molecule has 2 aromatic rings. The minimum Gasteiger partial charge on any atom is -0.325 e. The first kappa shape index (κ1) is 19.6. The lowest BCUT2D eigenvalue weighted by atomic mass is 10.1. The Hall–Kier alpha value is -1.11. The highest BCUT2D eigenvalue weighted by Crippen LogP contribution is 2.31. The second-order valence-corrected chi connectivity index (χ2v) is 9.44. The predicted octanol–water partition coefficient (Wildman–Crippen LogP) is 2.92. The zero-order valence-corrected chi connectivity index (χ0v) is 17.2. The Balaban J connectivity index is 1.83. The number of likely N-dealkylation sites (N-methyl/N-ethyl adjacent to an activating group) is 1. The Kier molecular flexibility index (Phi) is 5.66. The van der Waals surface area contributed by atoms with E-state index in [0.29, 0.717) is 9.61 Å². The Labute approximate surface area is 166 Å². The van der Waals surface area contributed by atoms with Gasteiger partial charge in [0.05, 0.1) is 11.1 Å². The summed E-state index contributed by atoms with van der Waals surface area (Å²) in [4.78, 5) is 16.9. The van der Waals surface area contributed by atoms with E-state index in [0.717, 1.165) is 10.4 Å². The Bertz CT molecular complexity index is 955. The maximum absolute atomic E-state index is 13.2. The summed E-state index contributed by atoms with van der Waals surface area (Å²) >= 11 is 10.2. The van der Waals surface area contributed by atoms with Crippen molar-refractivity contribution in [3.05, 3.63) is 44.0 Å². The van der Waals surface area contributed by atoms with Crippen LogP contribution in [0.25, 0.3) is 0 Å². The first-order chi connectivity index (χ1) is 12.2. The van der Waals surface area contributed by atoms with Crippen molar-refractivity contribution in [2.24, 2.45) is 0 Å². The van der Waals surface area contributed by atoms with Crippen molar-refractivity contribution in [1.82, 2.24) is 14.0 Å². The van der Waals surface area contributed by atoms with Gasteiger partial charge in [-0.3, -0.25) is 4.79 Å². The molecule has 1 amide bonds. The average Bonchev–Trinajstić information content (AvgIpc) is 2.99. The maximum atomic E-state index is 13.2. The van der Waals surface area contributed by atoms with E-state index in [4.69, 9.17) is 11.6 Å². The van der Waals surface area contributed by atoms with Gasteiger partial charge >= 0.3 is 0 Å². The number of hydrogen-bond acceptors (Lipinski definition) is 5. The van der Waals surface area contributed by atoms with Crippen LogP contribution < -0.4 is 10.0 Å². The topological polar surface area (TPSA) is 91.4 Å². The number of halogens is 3. The van der Waals surface area contributed by atoms with Gasteiger partial charge in [0.15, 0.2) is 0 Å². The van der Waals surface area contributed by atoms with Crippen molar-refractivity contribution in [1.29, 1.82) is 0 Å². The van der Waals surface area contributed by atoms with Gasteiger partial charge in [-0.25, -0.2) is 9.37 Å². The number of hydrogen-bond donors (Lipinski definition) is 2. The van der Waals surface area contributed by atoms with Gasteiger partial charge in [0, 0.05) is 18.1 Å². The number of carbonyl (C=O) groups excluding carboxylic acids is 1. The molecule has 1 aliphatic heterocycles. The van der Waals surface area contributed by atoms with E-state index in [9.17, 15) is 17.6 Å². The molecule has 2 N–H and O–H groups in total. The molecule has 1 aromatic heterocycles. The van der Waals surface area contributed by atoms with Crippen LogP contribution in [0.15, 0.2) is 28.2 Å². The normalized spacial score (nSPS) is 22.9. The van der Waals surface area contributed by atoms with Crippen LogP contribution >= 0.6 is 38.9 Å². The van der Waals surface area contributed by atoms with Crippen LogP contribution in [0, 0.1) is 5.82 Å². The molecule has 2 atom stereocenters. The molecule has 1 fully saturated rings. The average molecular weight is 484 g/mol. The first-order valence-corrected chi connectivity index (χ1v) is 10.8. The molecule has 26 heavy (non-hydrogen) atoms. The third kappa shape index (κ3) is 4.07. The van der Waals surface area contributed by atoms with Crippen LogP contribution in [0.5, 0.6) is 0 Å². The number of benzene rings is 1. The summed E-state index contributed by atoms with van der Waals surface area (Å²) in [5.74, 6) is -1.15. The van der Waals surface area contributed by atoms with Crippen LogP contribution in [0.4, 0.5) is 10.1 Å². The molecule has 0 aliphatic carbocycles. The molecule has 7 nitrogen and oxygen atoms in total. The van der Waals surface area contributed by atoms with Gasteiger partial charge in [-0.1, -0.05) is 11.6 Å². The quantitative estimate of drug-likeness (QED) is 0.702. The highest BCUT2D eigenvalue weighted by Gasteiger charge is 2.41. The highest BCUT2D eigenvalue weighted by atomic mass is 79.9. The van der Waals surface area contributed by atoms with Crippen LogP contribution in [-0.2, 0) is 15.0 Å². The number of carbonyl (C=O) groups is 1. The van der Waals surface area contributed by atoms with E-state index < -0.39 is 34.0 Å². The van der Waals surface area contributed by atoms with Crippen molar-refractivity contribution in [2.75, 3.05) is 12.4 Å². The van der Waals surface area contributed by atoms with Gasteiger partial charge in [0.25, 0.3) is 10.2 Å². The molecular weight excluding hydrogens is 471 g/mol. The molecule has 12 heteroatoms. The lowest BCUT2D eigenvalue weighted by Crippen LogP contribution is -2.55. The zero-order valence-electron chi connectivity index (χ0n) is 13.2. The van der Waals surface area contributed by atoms with Gasteiger partial charge in [-0.2, -0.15) is 17.4 Å². The summed E-state index contributed by atoms with van der Waals surface area (Å²) < 4.78 is 42.1. The van der Waals surface area contributed by atoms with E-state index in [2.05, 4.69) is 31.0 Å². The van der Waals surface area contributed by atoms with Crippen LogP contribution in [0.3, 0.4) is 0 Å². The lowest BCUT2D eigenvalue weighted by molar-refractivity contribution is -0.120. The van der Waals surface area contributed by atoms with Gasteiger partial charge in [-0.15, -0.1) is 11.3 Å². The summed E-state index contributed by atoms with van der Waals surface area (Å²) in [6.45, 7) is 0. The Morgan fingerprint density at radius 2 is 2.27 bits per heavy atom. The number of aromatic nitrogens is 1. The molecule has 1 aliphatic rings. The summed E-state index contributed by atoms with van der Waals surface area (Å²) in [6.07, 6.45) is 0.191. The van der Waals surface area contributed by atoms with Crippen molar-refractivity contribution < 1.29 is 17.6 Å². The number of thiazole rings is 1. The monoisotopic (exact) mass is 482 g/mol. The third-order valence-electron chi connectivity index (χ3n) is 3.85. The van der Waals surface area contributed by atoms with E-state index in [1.54, 1.807) is 5.38 Å². The molecular formula is C14H13BrClFN4O3S2. The van der Waals surface area contributed by atoms with E-state index in [-0.39, 0.29) is 17.1 Å². The van der Waals surface area contributed by atoms with Crippen molar-refractivity contribution >= 4 is 60.7 Å². The molecule has 0 spiro atoms. The first-order valence-electron chi connectivity index (χ1n) is 7.29. The van der Waals surface area contributed by atoms with E-state index in [1.807, 2.05) is 0 Å². The number of rotatable bonds is 3. The molecule has 0 bridgehead atoms. The number of nitrogens with one attached hydrogen (secondary N) is 2. The minimum atomic E-state index is -3.86. The molecule has 1 aromatic carbocycles. The summed E-state index contributed by atoms with van der Waals surface area (Å²) in [7, 11) is -2.55. The molecule has 140 valence electrons. The Morgan fingerprint density at radius 1 is 1.54 bits per heavy atom. The van der Waals surface area contributed by atoms with Crippen LogP contribution in [0.2, 0.25) is 5.02 Å². The van der Waals surface area contributed by atoms with Crippen molar-refractivity contribution in [3.63, 3.8) is 0 Å². The zero-order chi connectivity index (χ0) is 19.1. The lowest BCUT2D eigenvalue weighted by Gasteiger charge is -2.35. The third-order valence-corrected chi connectivity index (χ3v) is 7.40. The summed E-state index contributed by atoms with van der Waals surface area (Å²) in [6, 6.07) is 2.15. The second kappa shape index (κ2) is 7.49. The van der Waals surface area contributed by atoms with Crippen LogP contribution in [-0.4, -0.2) is 36.7 Å². The Morgan fingerprint density at radius 3 is 2.88 bits per heavy atom. The highest BCUT2D eigenvalue weighted by molar-refractivity contribution is 9.10. The van der Waals surface area contributed by atoms with Crippen molar-refractivity contribution in [3.8, 4) is 0 Å². The van der Waals surface area contributed by atoms with Gasteiger partial charge in [0.1, 0.15) is 21.5 Å². The molecule has 2 heterocycles. The summed E-state index contributed by atoms with van der Waals surface area (Å²) in [5, 5.41) is 4.72. The minimum absolute atomic E-state index is 0.139. The molecule has 0 saturated carbocycles. The fourth-order valence-electron chi connectivity index (χ4n) is 2.50. The van der Waals surface area contributed by atoms with E-state index in [1.165, 1.54) is 30.5 Å². The number of nitrogens with zero attached hydrogens (tertiary/aromatic N) is 2. The molecule has 0 radical (unpaired) electrons.